The molecule has 2 aliphatic rings. The Morgan fingerprint density at radius 3 is 2.61 bits per heavy atom. The van der Waals surface area contributed by atoms with Crippen molar-refractivity contribution in [3.05, 3.63) is 86.0 Å². The third-order valence-electron chi connectivity index (χ3n) is 5.17. The van der Waals surface area contributed by atoms with E-state index in [1.165, 1.54) is 18.2 Å². The number of ether oxygens (including phenoxy) is 2. The molecule has 1 unspecified atom stereocenters. The van der Waals surface area contributed by atoms with Crippen molar-refractivity contribution < 1.29 is 19.2 Å². The average Bonchev–Trinajstić information content (AvgIpc) is 2.75. The van der Waals surface area contributed by atoms with E-state index in [0.29, 0.717) is 41.9 Å². The number of hydrogen-bond donors (Lipinski definition) is 1. The summed E-state index contributed by atoms with van der Waals surface area (Å²) in [4.78, 5) is 22.9. The van der Waals surface area contributed by atoms with Crippen molar-refractivity contribution in [3.63, 3.8) is 0 Å². The van der Waals surface area contributed by atoms with Gasteiger partial charge in [0.15, 0.2) is 5.78 Å². The van der Waals surface area contributed by atoms with Crippen molar-refractivity contribution in [3.8, 4) is 17.6 Å². The summed E-state index contributed by atoms with van der Waals surface area (Å²) in [6.45, 7) is 0. The maximum atomic E-state index is 12.6. The lowest BCUT2D eigenvalue weighted by atomic mass is 9.77. The number of nitro benzene ring substituents is 1. The number of allylic oxidation sites excluding steroid dienone is 3. The summed E-state index contributed by atoms with van der Waals surface area (Å²) in [7, 11) is 0. The third kappa shape index (κ3) is 3.83. The van der Waals surface area contributed by atoms with Crippen molar-refractivity contribution in [2.24, 2.45) is 5.73 Å². The molecule has 0 saturated heterocycles. The van der Waals surface area contributed by atoms with Gasteiger partial charge in [0, 0.05) is 30.5 Å². The molecule has 9 heteroatoms. The SMILES string of the molecule is N#CC1=C(N)OC2=C(C(=O)CCC2)C1c1ccc(Oc2ccc([N+](=O)[O-])cc2Cl)cc1. The molecular weight excluding hydrogens is 422 g/mol. The predicted octanol–water partition coefficient (Wildman–Crippen LogP) is 4.86. The summed E-state index contributed by atoms with van der Waals surface area (Å²) in [5, 5.41) is 20.6. The van der Waals surface area contributed by atoms with Gasteiger partial charge in [-0.3, -0.25) is 14.9 Å². The zero-order chi connectivity index (χ0) is 22.1. The quantitative estimate of drug-likeness (QED) is 0.534. The van der Waals surface area contributed by atoms with Crippen LogP contribution in [0.3, 0.4) is 0 Å². The lowest BCUT2D eigenvalue weighted by Crippen LogP contribution is -2.27. The molecule has 2 N–H and O–H groups in total. The number of carbonyl (C=O) groups is 1. The van der Waals surface area contributed by atoms with Gasteiger partial charge in [-0.1, -0.05) is 23.7 Å². The molecule has 2 aromatic rings. The number of rotatable bonds is 4. The number of hydrogen-bond acceptors (Lipinski definition) is 7. The second-order valence-corrected chi connectivity index (χ2v) is 7.49. The summed E-state index contributed by atoms with van der Waals surface area (Å²) in [6.07, 6.45) is 1.68. The number of benzene rings is 2. The molecule has 4 rings (SSSR count). The van der Waals surface area contributed by atoms with Gasteiger partial charge >= 0.3 is 0 Å². The van der Waals surface area contributed by atoms with E-state index in [-0.39, 0.29) is 33.7 Å². The van der Waals surface area contributed by atoms with Crippen LogP contribution in [0.5, 0.6) is 11.5 Å². The van der Waals surface area contributed by atoms with Gasteiger partial charge < -0.3 is 15.2 Å². The van der Waals surface area contributed by atoms with Crippen LogP contribution < -0.4 is 10.5 Å². The average molecular weight is 438 g/mol. The first-order valence-electron chi connectivity index (χ1n) is 9.44. The van der Waals surface area contributed by atoms with Crippen LogP contribution in [0.25, 0.3) is 0 Å². The molecule has 1 aliphatic carbocycles. The minimum Gasteiger partial charge on any atom is -0.456 e. The summed E-state index contributed by atoms with van der Waals surface area (Å²) >= 11 is 6.08. The minimum atomic E-state index is -0.599. The number of Topliss-reactive ketones (excluding diaryl/α,β-unsaturated/α-hetero) is 1. The molecular formula is C22H16ClN3O5. The van der Waals surface area contributed by atoms with Crippen molar-refractivity contribution in [2.45, 2.75) is 25.2 Å². The largest absolute Gasteiger partial charge is 0.456 e. The van der Waals surface area contributed by atoms with Crippen LogP contribution in [-0.4, -0.2) is 10.7 Å². The highest BCUT2D eigenvalue weighted by Gasteiger charge is 2.37. The van der Waals surface area contributed by atoms with Gasteiger partial charge in [-0.05, 0) is 30.2 Å². The molecule has 0 aromatic heterocycles. The van der Waals surface area contributed by atoms with Crippen molar-refractivity contribution in [2.75, 3.05) is 0 Å². The zero-order valence-corrected chi connectivity index (χ0v) is 16.9. The fraction of sp³-hybridized carbons (Fsp3) is 0.182. The number of nitriles is 1. The Balaban J connectivity index is 1.65. The molecule has 1 atom stereocenters. The van der Waals surface area contributed by atoms with Gasteiger partial charge in [-0.15, -0.1) is 0 Å². The second kappa shape index (κ2) is 8.13. The van der Waals surface area contributed by atoms with E-state index in [4.69, 9.17) is 26.8 Å². The number of carbonyl (C=O) groups excluding carboxylic acids is 1. The Morgan fingerprint density at radius 2 is 1.97 bits per heavy atom. The van der Waals surface area contributed by atoms with Crippen LogP contribution in [0.4, 0.5) is 5.69 Å². The van der Waals surface area contributed by atoms with Gasteiger partial charge in [-0.2, -0.15) is 5.26 Å². The van der Waals surface area contributed by atoms with Crippen molar-refractivity contribution in [1.82, 2.24) is 0 Å². The minimum absolute atomic E-state index is 0.0129. The smallest absolute Gasteiger partial charge is 0.271 e. The number of nitro groups is 1. The molecule has 0 bridgehead atoms. The van der Waals surface area contributed by atoms with E-state index in [1.54, 1.807) is 24.3 Å². The van der Waals surface area contributed by atoms with E-state index in [2.05, 4.69) is 6.07 Å². The molecule has 0 amide bonds. The van der Waals surface area contributed by atoms with Gasteiger partial charge in [0.05, 0.1) is 15.9 Å². The monoisotopic (exact) mass is 437 g/mol. The van der Waals surface area contributed by atoms with Crippen molar-refractivity contribution >= 4 is 23.1 Å². The van der Waals surface area contributed by atoms with Crippen LogP contribution in [0.1, 0.15) is 30.7 Å². The van der Waals surface area contributed by atoms with E-state index in [1.807, 2.05) is 0 Å². The topological polar surface area (TPSA) is 128 Å². The van der Waals surface area contributed by atoms with Crippen LogP contribution in [-0.2, 0) is 9.53 Å². The van der Waals surface area contributed by atoms with Crippen LogP contribution in [0.2, 0.25) is 5.02 Å². The Kier molecular flexibility index (Phi) is 5.36. The first-order valence-corrected chi connectivity index (χ1v) is 9.82. The highest BCUT2D eigenvalue weighted by molar-refractivity contribution is 6.32. The highest BCUT2D eigenvalue weighted by atomic mass is 35.5. The summed E-state index contributed by atoms with van der Waals surface area (Å²) in [6, 6.07) is 12.8. The van der Waals surface area contributed by atoms with Gasteiger partial charge in [-0.25, -0.2) is 0 Å². The number of nitrogens with two attached hydrogens (primary N) is 1. The molecule has 31 heavy (non-hydrogen) atoms. The molecule has 0 fully saturated rings. The Bertz CT molecular complexity index is 1190. The van der Waals surface area contributed by atoms with Gasteiger partial charge in [0.1, 0.15) is 28.9 Å². The molecule has 1 heterocycles. The van der Waals surface area contributed by atoms with E-state index in [9.17, 15) is 20.2 Å². The zero-order valence-electron chi connectivity index (χ0n) is 16.1. The lowest BCUT2D eigenvalue weighted by molar-refractivity contribution is -0.384. The predicted molar refractivity (Wildman–Crippen MR) is 111 cm³/mol. The van der Waals surface area contributed by atoms with E-state index < -0.39 is 10.8 Å². The Hall–Kier alpha value is -3.83. The molecule has 0 radical (unpaired) electrons. The third-order valence-corrected chi connectivity index (χ3v) is 5.47. The van der Waals surface area contributed by atoms with Gasteiger partial charge in [0.2, 0.25) is 5.88 Å². The van der Waals surface area contributed by atoms with E-state index in [0.717, 1.165) is 0 Å². The van der Waals surface area contributed by atoms with Crippen molar-refractivity contribution in [1.29, 1.82) is 5.26 Å². The molecule has 1 aliphatic heterocycles. The molecule has 8 nitrogen and oxygen atoms in total. The highest BCUT2D eigenvalue weighted by Crippen LogP contribution is 2.43. The number of nitrogens with zero attached hydrogens (tertiary/aromatic N) is 2. The van der Waals surface area contributed by atoms with Gasteiger partial charge in [0.25, 0.3) is 5.69 Å². The summed E-state index contributed by atoms with van der Waals surface area (Å²) < 4.78 is 11.3. The first kappa shape index (κ1) is 20.4. The maximum Gasteiger partial charge on any atom is 0.271 e. The molecule has 156 valence electrons. The Labute approximate surface area is 182 Å². The first-order chi connectivity index (χ1) is 14.9. The molecule has 0 spiro atoms. The Morgan fingerprint density at radius 1 is 1.23 bits per heavy atom. The standard InChI is InChI=1S/C22H16ClN3O5/c23-16-10-13(26(28)29)6-9-18(16)30-14-7-4-12(5-8-14)20-15(11-24)22(25)31-19-3-1-2-17(27)21(19)20/h4-10,20H,1-3,25H2. The second-order valence-electron chi connectivity index (χ2n) is 7.08. The molecule has 0 saturated carbocycles. The van der Waals surface area contributed by atoms with Crippen LogP contribution >= 0.6 is 11.6 Å². The lowest BCUT2D eigenvalue weighted by Gasteiger charge is -2.31. The fourth-order valence-corrected chi connectivity index (χ4v) is 3.94. The normalized spacial score (nSPS) is 18.2. The van der Waals surface area contributed by atoms with Crippen LogP contribution in [0.15, 0.2) is 65.3 Å². The fourth-order valence-electron chi connectivity index (χ4n) is 3.73. The maximum absolute atomic E-state index is 12.6. The number of ketones is 1. The summed E-state index contributed by atoms with van der Waals surface area (Å²) in [5.41, 5.74) is 7.19. The summed E-state index contributed by atoms with van der Waals surface area (Å²) in [5.74, 6) is 0.587. The number of halogens is 1. The van der Waals surface area contributed by atoms with E-state index >= 15 is 0 Å². The van der Waals surface area contributed by atoms with Crippen LogP contribution in [0, 0.1) is 21.4 Å². The number of non-ortho nitro benzene ring substituents is 1. The molecule has 2 aromatic carbocycles.